The number of amides is 2. The number of esters is 1. The third kappa shape index (κ3) is 7.66. The quantitative estimate of drug-likeness (QED) is 0.773. The molecule has 7 heteroatoms. The van der Waals surface area contributed by atoms with Crippen molar-refractivity contribution in [3.8, 4) is 0 Å². The van der Waals surface area contributed by atoms with E-state index in [1.54, 1.807) is 18.7 Å². The van der Waals surface area contributed by atoms with Gasteiger partial charge in [0.25, 0.3) is 0 Å². The van der Waals surface area contributed by atoms with Crippen LogP contribution < -0.4 is 5.32 Å². The van der Waals surface area contributed by atoms with Gasteiger partial charge in [-0.1, -0.05) is 0 Å². The number of carbonyl (C=O) groups excluding carboxylic acids is 3. The Morgan fingerprint density at radius 3 is 2.25 bits per heavy atom. The van der Waals surface area contributed by atoms with E-state index < -0.39 is 5.60 Å². The van der Waals surface area contributed by atoms with Crippen molar-refractivity contribution >= 4 is 18.0 Å². The molecular weight excluding hydrogens is 312 g/mol. The molecule has 1 aliphatic rings. The molecule has 0 aromatic carbocycles. The van der Waals surface area contributed by atoms with Gasteiger partial charge in [-0.05, 0) is 47.5 Å². The third-order valence-electron chi connectivity index (χ3n) is 3.51. The summed E-state index contributed by atoms with van der Waals surface area (Å²) >= 11 is 0. The fourth-order valence-corrected chi connectivity index (χ4v) is 2.40. The van der Waals surface area contributed by atoms with Gasteiger partial charge in [0.15, 0.2) is 0 Å². The lowest BCUT2D eigenvalue weighted by Crippen LogP contribution is -2.45. The second-order valence-electron chi connectivity index (χ2n) is 7.32. The van der Waals surface area contributed by atoms with Crippen LogP contribution in [-0.4, -0.2) is 54.2 Å². The van der Waals surface area contributed by atoms with E-state index in [1.165, 1.54) is 0 Å². The Hall–Kier alpha value is -1.79. The molecule has 1 N–H and O–H groups in total. The summed E-state index contributed by atoms with van der Waals surface area (Å²) in [6.07, 6.45) is 0.882. The first-order valence-corrected chi connectivity index (χ1v) is 8.53. The summed E-state index contributed by atoms with van der Waals surface area (Å²) in [5.74, 6) is -0.522. The van der Waals surface area contributed by atoms with Gasteiger partial charge in [0.1, 0.15) is 5.60 Å². The maximum atomic E-state index is 12.1. The number of hydrogen-bond donors (Lipinski definition) is 1. The zero-order valence-electron chi connectivity index (χ0n) is 15.4. The van der Waals surface area contributed by atoms with Gasteiger partial charge in [-0.25, -0.2) is 4.79 Å². The number of likely N-dealkylation sites (tertiary alicyclic amines) is 1. The summed E-state index contributed by atoms with van der Waals surface area (Å²) < 4.78 is 10.3. The molecule has 0 unspecified atom stereocenters. The lowest BCUT2D eigenvalue weighted by molar-refractivity contribution is -0.147. The summed E-state index contributed by atoms with van der Waals surface area (Å²) in [6, 6.07) is 0. The molecule has 1 rings (SSSR count). The smallest absolute Gasteiger partial charge is 0.410 e. The lowest BCUT2D eigenvalue weighted by atomic mass is 9.96. The van der Waals surface area contributed by atoms with Crippen LogP contribution in [0, 0.1) is 5.92 Å². The minimum Gasteiger partial charge on any atom is -0.463 e. The van der Waals surface area contributed by atoms with Crippen molar-refractivity contribution in [2.24, 2.45) is 5.92 Å². The van der Waals surface area contributed by atoms with Crippen molar-refractivity contribution in [3.63, 3.8) is 0 Å². The van der Waals surface area contributed by atoms with Crippen LogP contribution >= 0.6 is 0 Å². The fraction of sp³-hybridized carbons (Fsp3) is 0.824. The maximum Gasteiger partial charge on any atom is 0.410 e. The van der Waals surface area contributed by atoms with Crippen LogP contribution in [0.15, 0.2) is 0 Å². The Balaban J connectivity index is 2.28. The zero-order chi connectivity index (χ0) is 18.3. The number of hydrogen-bond acceptors (Lipinski definition) is 5. The van der Waals surface area contributed by atoms with Crippen LogP contribution in [0.4, 0.5) is 4.79 Å². The Bertz CT molecular complexity index is 448. The fourth-order valence-electron chi connectivity index (χ4n) is 2.40. The van der Waals surface area contributed by atoms with Crippen molar-refractivity contribution < 1.29 is 23.9 Å². The molecule has 1 heterocycles. The number of rotatable bonds is 5. The van der Waals surface area contributed by atoms with E-state index >= 15 is 0 Å². The predicted molar refractivity (Wildman–Crippen MR) is 89.4 cm³/mol. The van der Waals surface area contributed by atoms with Crippen molar-refractivity contribution in [1.29, 1.82) is 0 Å². The van der Waals surface area contributed by atoms with E-state index in [2.05, 4.69) is 5.32 Å². The average molecular weight is 342 g/mol. The Labute approximate surface area is 144 Å². The largest absolute Gasteiger partial charge is 0.463 e. The van der Waals surface area contributed by atoms with E-state index in [0.717, 1.165) is 0 Å². The van der Waals surface area contributed by atoms with Crippen LogP contribution in [0.1, 0.15) is 53.9 Å². The molecule has 0 atom stereocenters. The first-order valence-electron chi connectivity index (χ1n) is 8.53. The van der Waals surface area contributed by atoms with E-state index in [4.69, 9.17) is 9.47 Å². The van der Waals surface area contributed by atoms with Gasteiger partial charge in [-0.15, -0.1) is 0 Å². The van der Waals surface area contributed by atoms with Gasteiger partial charge in [0.2, 0.25) is 5.91 Å². The lowest BCUT2D eigenvalue weighted by Gasteiger charge is -2.32. The van der Waals surface area contributed by atoms with Gasteiger partial charge in [-0.2, -0.15) is 0 Å². The molecule has 0 bridgehead atoms. The summed E-state index contributed by atoms with van der Waals surface area (Å²) in [5, 5.41) is 2.76. The van der Waals surface area contributed by atoms with E-state index in [9.17, 15) is 14.4 Å². The highest BCUT2D eigenvalue weighted by molar-refractivity contribution is 5.80. The van der Waals surface area contributed by atoms with E-state index in [0.29, 0.717) is 25.9 Å². The van der Waals surface area contributed by atoms with Crippen molar-refractivity contribution in [2.45, 2.75) is 65.6 Å². The minimum atomic E-state index is -0.518. The molecular formula is C17H30N2O5. The van der Waals surface area contributed by atoms with Crippen molar-refractivity contribution in [3.05, 3.63) is 0 Å². The van der Waals surface area contributed by atoms with Gasteiger partial charge < -0.3 is 19.7 Å². The number of nitrogens with one attached hydrogen (secondary N) is 1. The first kappa shape index (κ1) is 20.3. The standard InChI is InChI=1S/C17H30N2O5/c1-12(2)23-14(20)6-9-18-15(21)13-7-10-19(11-8-13)16(22)24-17(3,4)5/h12-13H,6-11H2,1-5H3,(H,18,21). The van der Waals surface area contributed by atoms with Crippen LogP contribution in [0.25, 0.3) is 0 Å². The molecule has 0 spiro atoms. The Kier molecular flexibility index (Phi) is 7.51. The molecule has 2 amide bonds. The van der Waals surface area contributed by atoms with Crippen LogP contribution in [0.5, 0.6) is 0 Å². The molecule has 0 radical (unpaired) electrons. The highest BCUT2D eigenvalue weighted by atomic mass is 16.6. The van der Waals surface area contributed by atoms with Crippen molar-refractivity contribution in [1.82, 2.24) is 10.2 Å². The van der Waals surface area contributed by atoms with Gasteiger partial charge in [0, 0.05) is 25.6 Å². The molecule has 7 nitrogen and oxygen atoms in total. The predicted octanol–water partition coefficient (Wildman–Crippen LogP) is 2.09. The van der Waals surface area contributed by atoms with Crippen LogP contribution in [-0.2, 0) is 19.1 Å². The molecule has 0 aliphatic carbocycles. The van der Waals surface area contributed by atoms with Crippen molar-refractivity contribution in [2.75, 3.05) is 19.6 Å². The molecule has 0 aromatic heterocycles. The Morgan fingerprint density at radius 2 is 1.75 bits per heavy atom. The monoisotopic (exact) mass is 342 g/mol. The third-order valence-corrected chi connectivity index (χ3v) is 3.51. The zero-order valence-corrected chi connectivity index (χ0v) is 15.4. The highest BCUT2D eigenvalue weighted by Crippen LogP contribution is 2.19. The Morgan fingerprint density at radius 1 is 1.17 bits per heavy atom. The summed E-state index contributed by atoms with van der Waals surface area (Å²) in [6.45, 7) is 10.3. The van der Waals surface area contributed by atoms with Gasteiger partial charge in [0.05, 0.1) is 12.5 Å². The molecule has 1 aliphatic heterocycles. The van der Waals surface area contributed by atoms with Gasteiger partial charge >= 0.3 is 12.1 Å². The summed E-state index contributed by atoms with van der Waals surface area (Å²) in [4.78, 5) is 37.1. The second kappa shape index (κ2) is 8.89. The number of ether oxygens (including phenoxy) is 2. The normalized spacial score (nSPS) is 16.0. The molecule has 1 saturated heterocycles. The summed E-state index contributed by atoms with van der Waals surface area (Å²) in [7, 11) is 0. The number of carbonyl (C=O) groups is 3. The van der Waals surface area contributed by atoms with Crippen LogP contribution in [0.3, 0.4) is 0 Å². The number of piperidine rings is 1. The molecule has 0 saturated carbocycles. The molecule has 138 valence electrons. The topological polar surface area (TPSA) is 84.9 Å². The van der Waals surface area contributed by atoms with Crippen LogP contribution in [0.2, 0.25) is 0 Å². The van der Waals surface area contributed by atoms with E-state index in [1.807, 2.05) is 20.8 Å². The average Bonchev–Trinajstić information content (AvgIpc) is 2.44. The minimum absolute atomic E-state index is 0.0730. The van der Waals surface area contributed by atoms with Gasteiger partial charge in [-0.3, -0.25) is 9.59 Å². The molecule has 0 aromatic rings. The first-order chi connectivity index (χ1) is 11.1. The SMILES string of the molecule is CC(C)OC(=O)CCNC(=O)C1CCN(C(=O)OC(C)(C)C)CC1. The number of nitrogens with zero attached hydrogens (tertiary/aromatic N) is 1. The van der Waals surface area contributed by atoms with E-state index in [-0.39, 0.29) is 43.0 Å². The molecule has 1 fully saturated rings. The highest BCUT2D eigenvalue weighted by Gasteiger charge is 2.29. The molecule has 24 heavy (non-hydrogen) atoms. The maximum absolute atomic E-state index is 12.1. The summed E-state index contributed by atoms with van der Waals surface area (Å²) in [5.41, 5.74) is -0.518. The second-order valence-corrected chi connectivity index (χ2v) is 7.32.